The minimum atomic E-state index is -0.447. The number of fused-ring (bicyclic) bond motifs is 1. The Labute approximate surface area is 163 Å². The highest BCUT2D eigenvalue weighted by Gasteiger charge is 2.24. The lowest BCUT2D eigenvalue weighted by Crippen LogP contribution is -2.31. The molecule has 0 atom stereocenters. The predicted octanol–water partition coefficient (Wildman–Crippen LogP) is 3.01. The lowest BCUT2D eigenvalue weighted by atomic mass is 10.0. The Balaban J connectivity index is 1.95. The van der Waals surface area contributed by atoms with Gasteiger partial charge in [-0.2, -0.15) is 0 Å². The van der Waals surface area contributed by atoms with Gasteiger partial charge in [-0.3, -0.25) is 9.59 Å². The molecule has 28 heavy (non-hydrogen) atoms. The Kier molecular flexibility index (Phi) is 6.13. The quantitative estimate of drug-likeness (QED) is 0.774. The van der Waals surface area contributed by atoms with E-state index in [2.05, 4.69) is 5.32 Å². The molecule has 7 heteroatoms. The number of anilines is 1. The van der Waals surface area contributed by atoms with Crippen LogP contribution in [0.15, 0.2) is 35.1 Å². The maximum atomic E-state index is 13.1. The van der Waals surface area contributed by atoms with Crippen molar-refractivity contribution >= 4 is 17.6 Å². The number of benzene rings is 1. The maximum Gasteiger partial charge on any atom is 0.338 e. The van der Waals surface area contributed by atoms with Crippen LogP contribution in [0.25, 0.3) is 0 Å². The molecule has 0 bridgehead atoms. The minimum absolute atomic E-state index is 0.154. The van der Waals surface area contributed by atoms with Gasteiger partial charge in [0, 0.05) is 24.0 Å². The molecule has 1 aromatic heterocycles. The van der Waals surface area contributed by atoms with Gasteiger partial charge in [-0.25, -0.2) is 4.79 Å². The van der Waals surface area contributed by atoms with E-state index in [1.54, 1.807) is 35.8 Å². The van der Waals surface area contributed by atoms with Crippen LogP contribution in [0.1, 0.15) is 53.1 Å². The zero-order valence-corrected chi connectivity index (χ0v) is 16.1. The molecule has 3 rings (SSSR count). The van der Waals surface area contributed by atoms with Crippen molar-refractivity contribution in [3.63, 3.8) is 0 Å². The Hall–Kier alpha value is -3.09. The number of amides is 1. The number of carbonyl (C=O) groups is 2. The van der Waals surface area contributed by atoms with Crippen molar-refractivity contribution in [1.29, 1.82) is 0 Å². The number of hydrogen-bond acceptors (Lipinski definition) is 5. The third-order valence-electron chi connectivity index (χ3n) is 4.59. The highest BCUT2D eigenvalue weighted by Crippen LogP contribution is 2.26. The van der Waals surface area contributed by atoms with Gasteiger partial charge >= 0.3 is 5.97 Å². The van der Waals surface area contributed by atoms with E-state index in [0.717, 1.165) is 12.8 Å². The van der Waals surface area contributed by atoms with E-state index < -0.39 is 5.97 Å². The lowest BCUT2D eigenvalue weighted by Gasteiger charge is -2.23. The number of nitrogens with zero attached hydrogens (tertiary/aromatic N) is 1. The van der Waals surface area contributed by atoms with Gasteiger partial charge in [-0.05, 0) is 51.3 Å². The van der Waals surface area contributed by atoms with E-state index in [1.807, 2.05) is 6.92 Å². The van der Waals surface area contributed by atoms with E-state index in [1.165, 1.54) is 6.07 Å². The summed E-state index contributed by atoms with van der Waals surface area (Å²) in [6.07, 6.45) is 2.46. The number of esters is 1. The molecule has 0 aliphatic carbocycles. The van der Waals surface area contributed by atoms with Crippen LogP contribution in [-0.2, 0) is 17.7 Å². The number of nitrogens with one attached hydrogen (secondary N) is 1. The van der Waals surface area contributed by atoms with Gasteiger partial charge in [0.2, 0.25) is 0 Å². The molecule has 2 aromatic rings. The van der Waals surface area contributed by atoms with Crippen LogP contribution in [0, 0.1) is 0 Å². The molecular weight excluding hydrogens is 360 g/mol. The minimum Gasteiger partial charge on any atom is -0.493 e. The maximum absolute atomic E-state index is 13.1. The van der Waals surface area contributed by atoms with Crippen LogP contribution in [0.2, 0.25) is 0 Å². The van der Waals surface area contributed by atoms with Crippen LogP contribution in [-0.4, -0.2) is 29.7 Å². The number of carbonyl (C=O) groups excluding carboxylic acids is 2. The Morgan fingerprint density at radius 1 is 1.14 bits per heavy atom. The highest BCUT2D eigenvalue weighted by molar-refractivity contribution is 6.07. The predicted molar refractivity (Wildman–Crippen MR) is 105 cm³/mol. The first kappa shape index (κ1) is 19.7. The van der Waals surface area contributed by atoms with Gasteiger partial charge in [-0.1, -0.05) is 6.07 Å². The van der Waals surface area contributed by atoms with Gasteiger partial charge in [-0.15, -0.1) is 0 Å². The van der Waals surface area contributed by atoms with Crippen LogP contribution in [0.3, 0.4) is 0 Å². The average molecular weight is 384 g/mol. The van der Waals surface area contributed by atoms with E-state index in [4.69, 9.17) is 9.47 Å². The average Bonchev–Trinajstić information content (AvgIpc) is 2.69. The van der Waals surface area contributed by atoms with E-state index in [-0.39, 0.29) is 18.1 Å². The van der Waals surface area contributed by atoms with Crippen LogP contribution < -0.4 is 15.6 Å². The summed E-state index contributed by atoms with van der Waals surface area (Å²) in [5, 5.41) is 2.82. The number of pyridine rings is 1. The number of hydrogen-bond donors (Lipinski definition) is 1. The number of ether oxygens (including phenoxy) is 2. The second-order valence-corrected chi connectivity index (χ2v) is 6.47. The summed E-state index contributed by atoms with van der Waals surface area (Å²) < 4.78 is 12.2. The SMILES string of the molecule is CCOC(=O)c1cccc(NC(=O)c2c(OCC)cc(=O)n3c2CCCC3)c1. The molecule has 0 saturated carbocycles. The molecule has 2 heterocycles. The lowest BCUT2D eigenvalue weighted by molar-refractivity contribution is 0.0526. The Morgan fingerprint density at radius 2 is 1.96 bits per heavy atom. The van der Waals surface area contributed by atoms with E-state index in [0.29, 0.717) is 47.8 Å². The van der Waals surface area contributed by atoms with Crippen molar-refractivity contribution in [2.24, 2.45) is 0 Å². The highest BCUT2D eigenvalue weighted by atomic mass is 16.5. The summed E-state index contributed by atoms with van der Waals surface area (Å²) in [7, 11) is 0. The zero-order valence-electron chi connectivity index (χ0n) is 16.1. The molecule has 0 saturated heterocycles. The molecule has 0 spiro atoms. The largest absolute Gasteiger partial charge is 0.493 e. The second kappa shape index (κ2) is 8.73. The molecule has 1 aliphatic heterocycles. The normalized spacial score (nSPS) is 12.8. The summed E-state index contributed by atoms with van der Waals surface area (Å²) in [5.41, 5.74) is 1.75. The van der Waals surface area contributed by atoms with Gasteiger partial charge in [0.05, 0.1) is 18.8 Å². The number of rotatable bonds is 6. The second-order valence-electron chi connectivity index (χ2n) is 6.47. The zero-order chi connectivity index (χ0) is 20.1. The van der Waals surface area contributed by atoms with Crippen molar-refractivity contribution in [2.75, 3.05) is 18.5 Å². The van der Waals surface area contributed by atoms with Crippen LogP contribution in [0.4, 0.5) is 5.69 Å². The molecule has 0 unspecified atom stereocenters. The van der Waals surface area contributed by atoms with E-state index >= 15 is 0 Å². The first-order chi connectivity index (χ1) is 13.5. The van der Waals surface area contributed by atoms with Crippen molar-refractivity contribution in [3.05, 3.63) is 57.5 Å². The molecule has 7 nitrogen and oxygen atoms in total. The standard InChI is InChI=1S/C21H24N2O5/c1-3-27-17-13-18(24)23-11-6-5-10-16(23)19(17)20(25)22-15-9-7-8-14(12-15)21(26)28-4-2/h7-9,12-13H,3-6,10-11H2,1-2H3,(H,22,25). The fourth-order valence-corrected chi connectivity index (χ4v) is 3.38. The molecule has 1 aromatic carbocycles. The fraction of sp³-hybridized carbons (Fsp3) is 0.381. The van der Waals surface area contributed by atoms with Crippen molar-refractivity contribution in [1.82, 2.24) is 4.57 Å². The van der Waals surface area contributed by atoms with Crippen molar-refractivity contribution < 1.29 is 19.1 Å². The molecule has 0 radical (unpaired) electrons. The monoisotopic (exact) mass is 384 g/mol. The van der Waals surface area contributed by atoms with Gasteiger partial charge in [0.15, 0.2) is 0 Å². The summed E-state index contributed by atoms with van der Waals surface area (Å²) in [6, 6.07) is 7.95. The number of aromatic nitrogens is 1. The Morgan fingerprint density at radius 3 is 2.71 bits per heavy atom. The summed E-state index contributed by atoms with van der Waals surface area (Å²) in [6.45, 7) is 4.76. The first-order valence-electron chi connectivity index (χ1n) is 9.53. The van der Waals surface area contributed by atoms with Crippen LogP contribution in [0.5, 0.6) is 5.75 Å². The molecule has 1 aliphatic rings. The van der Waals surface area contributed by atoms with Crippen molar-refractivity contribution in [2.45, 2.75) is 39.7 Å². The molecular formula is C21H24N2O5. The van der Waals surface area contributed by atoms with Gasteiger partial charge in [0.25, 0.3) is 11.5 Å². The first-order valence-corrected chi connectivity index (χ1v) is 9.53. The van der Waals surface area contributed by atoms with Crippen molar-refractivity contribution in [3.8, 4) is 5.75 Å². The fourth-order valence-electron chi connectivity index (χ4n) is 3.38. The van der Waals surface area contributed by atoms with Crippen LogP contribution >= 0.6 is 0 Å². The Bertz CT molecular complexity index is 948. The van der Waals surface area contributed by atoms with E-state index in [9.17, 15) is 14.4 Å². The summed E-state index contributed by atoms with van der Waals surface area (Å²) in [4.78, 5) is 37.4. The van der Waals surface area contributed by atoms with Gasteiger partial charge in [0.1, 0.15) is 11.3 Å². The molecule has 1 amide bonds. The smallest absolute Gasteiger partial charge is 0.338 e. The third-order valence-corrected chi connectivity index (χ3v) is 4.59. The third kappa shape index (κ3) is 4.08. The molecule has 1 N–H and O–H groups in total. The summed E-state index contributed by atoms with van der Waals surface area (Å²) in [5.74, 6) is -0.521. The van der Waals surface area contributed by atoms with Gasteiger partial charge < -0.3 is 19.4 Å². The topological polar surface area (TPSA) is 86.6 Å². The molecule has 0 fully saturated rings. The summed E-state index contributed by atoms with van der Waals surface area (Å²) >= 11 is 0. The molecule has 148 valence electrons.